The molecule has 1 amide bonds. The third-order valence-corrected chi connectivity index (χ3v) is 2.43. The predicted molar refractivity (Wildman–Crippen MR) is 66.4 cm³/mol. The summed E-state index contributed by atoms with van der Waals surface area (Å²) in [6.45, 7) is 4.92. The summed E-state index contributed by atoms with van der Waals surface area (Å²) in [5.41, 5.74) is 0. The van der Waals surface area contributed by atoms with Gasteiger partial charge in [-0.25, -0.2) is 4.98 Å². The van der Waals surface area contributed by atoms with Gasteiger partial charge >= 0.3 is 0 Å². The Hall–Kier alpha value is -1.38. The van der Waals surface area contributed by atoms with Crippen LogP contribution in [-0.4, -0.2) is 17.4 Å². The number of carbonyl (C=O) groups excluding carboxylic acids is 1. The molecule has 0 aliphatic heterocycles. The minimum Gasteiger partial charge on any atom is -0.297 e. The smallest absolute Gasteiger partial charge is 0.228 e. The number of hydrogen-bond acceptors (Lipinski definition) is 2. The summed E-state index contributed by atoms with van der Waals surface area (Å²) in [5, 5.41) is 0. The fourth-order valence-electron chi connectivity index (χ4n) is 1.55. The second kappa shape index (κ2) is 6.99. The first kappa shape index (κ1) is 12.7. The molecule has 0 N–H and O–H groups in total. The van der Waals surface area contributed by atoms with Crippen LogP contribution in [0.15, 0.2) is 24.4 Å². The molecule has 0 spiro atoms. The number of anilines is 1. The number of hydrogen-bond donors (Lipinski definition) is 0. The van der Waals surface area contributed by atoms with Crippen LogP contribution in [0.4, 0.5) is 5.82 Å². The van der Waals surface area contributed by atoms with Crippen molar-refractivity contribution in [2.24, 2.45) is 0 Å². The van der Waals surface area contributed by atoms with Crippen molar-refractivity contribution in [1.82, 2.24) is 4.98 Å². The molecule has 3 heteroatoms. The van der Waals surface area contributed by atoms with Crippen molar-refractivity contribution in [3.05, 3.63) is 24.4 Å². The van der Waals surface area contributed by atoms with Gasteiger partial charge in [0.25, 0.3) is 0 Å². The molecule has 0 fully saturated rings. The summed E-state index contributed by atoms with van der Waals surface area (Å²) < 4.78 is 0. The summed E-state index contributed by atoms with van der Waals surface area (Å²) >= 11 is 0. The van der Waals surface area contributed by atoms with Crippen LogP contribution < -0.4 is 4.90 Å². The van der Waals surface area contributed by atoms with Gasteiger partial charge in [-0.3, -0.25) is 9.69 Å². The number of unbranched alkanes of at least 4 members (excludes halogenated alkanes) is 1. The molecule has 0 atom stereocenters. The fraction of sp³-hybridized carbons (Fsp3) is 0.538. The number of carbonyl (C=O) groups is 1. The quantitative estimate of drug-likeness (QED) is 0.738. The lowest BCUT2D eigenvalue weighted by Gasteiger charge is -2.21. The Labute approximate surface area is 97.5 Å². The molecule has 0 radical (unpaired) electrons. The highest BCUT2D eigenvalue weighted by atomic mass is 16.2. The monoisotopic (exact) mass is 220 g/mol. The van der Waals surface area contributed by atoms with Gasteiger partial charge in [-0.1, -0.05) is 26.3 Å². The zero-order valence-electron chi connectivity index (χ0n) is 10.1. The van der Waals surface area contributed by atoms with Gasteiger partial charge < -0.3 is 0 Å². The highest BCUT2D eigenvalue weighted by Crippen LogP contribution is 2.12. The molecule has 1 aromatic rings. The van der Waals surface area contributed by atoms with E-state index < -0.39 is 0 Å². The topological polar surface area (TPSA) is 33.2 Å². The van der Waals surface area contributed by atoms with Gasteiger partial charge in [0.15, 0.2) is 0 Å². The van der Waals surface area contributed by atoms with Crippen LogP contribution in [0.3, 0.4) is 0 Å². The second-order valence-electron chi connectivity index (χ2n) is 3.84. The molecule has 1 rings (SSSR count). The van der Waals surface area contributed by atoms with E-state index in [9.17, 15) is 4.79 Å². The molecule has 0 saturated carbocycles. The Morgan fingerprint density at radius 3 is 2.69 bits per heavy atom. The van der Waals surface area contributed by atoms with Gasteiger partial charge in [-0.2, -0.15) is 0 Å². The molecule has 0 unspecified atom stereocenters. The van der Waals surface area contributed by atoms with Crippen LogP contribution in [0.2, 0.25) is 0 Å². The second-order valence-corrected chi connectivity index (χ2v) is 3.84. The zero-order chi connectivity index (χ0) is 11.8. The minimum atomic E-state index is 0.176. The molecule has 0 aliphatic rings. The summed E-state index contributed by atoms with van der Waals surface area (Å²) in [4.78, 5) is 18.0. The molecule has 0 bridgehead atoms. The first-order chi connectivity index (χ1) is 7.79. The Bertz CT molecular complexity index is 311. The van der Waals surface area contributed by atoms with E-state index in [1.54, 1.807) is 11.1 Å². The van der Waals surface area contributed by atoms with E-state index in [0.717, 1.165) is 31.6 Å². The summed E-state index contributed by atoms with van der Waals surface area (Å²) in [6.07, 6.45) is 5.32. The van der Waals surface area contributed by atoms with Crippen LogP contribution in [0.5, 0.6) is 0 Å². The van der Waals surface area contributed by atoms with Gasteiger partial charge in [-0.05, 0) is 25.0 Å². The fourth-order valence-corrected chi connectivity index (χ4v) is 1.55. The number of nitrogens with zero attached hydrogens (tertiary/aromatic N) is 2. The minimum absolute atomic E-state index is 0.176. The first-order valence-electron chi connectivity index (χ1n) is 6.01. The summed E-state index contributed by atoms with van der Waals surface area (Å²) in [6, 6.07) is 5.68. The lowest BCUT2D eigenvalue weighted by atomic mass is 10.2. The average Bonchev–Trinajstić information content (AvgIpc) is 2.31. The van der Waals surface area contributed by atoms with E-state index >= 15 is 0 Å². The van der Waals surface area contributed by atoms with E-state index in [1.807, 2.05) is 25.1 Å². The average molecular weight is 220 g/mol. The molecule has 0 aliphatic carbocycles. The van der Waals surface area contributed by atoms with Crippen molar-refractivity contribution in [2.45, 2.75) is 39.5 Å². The third-order valence-electron chi connectivity index (χ3n) is 2.43. The third kappa shape index (κ3) is 3.65. The molecule has 0 saturated heterocycles. The molecule has 3 nitrogen and oxygen atoms in total. The van der Waals surface area contributed by atoms with E-state index in [0.29, 0.717) is 6.42 Å². The Morgan fingerprint density at radius 2 is 2.12 bits per heavy atom. The van der Waals surface area contributed by atoms with E-state index in [1.165, 1.54) is 0 Å². The van der Waals surface area contributed by atoms with Gasteiger partial charge in [-0.15, -0.1) is 0 Å². The molecular weight excluding hydrogens is 200 g/mol. The van der Waals surface area contributed by atoms with E-state index in [4.69, 9.17) is 0 Å². The molecule has 0 aromatic carbocycles. The van der Waals surface area contributed by atoms with Crippen LogP contribution in [0.25, 0.3) is 0 Å². The largest absolute Gasteiger partial charge is 0.297 e. The molecule has 1 heterocycles. The van der Waals surface area contributed by atoms with Gasteiger partial charge in [0.05, 0.1) is 0 Å². The van der Waals surface area contributed by atoms with Crippen molar-refractivity contribution in [2.75, 3.05) is 11.4 Å². The number of aromatic nitrogens is 1. The van der Waals surface area contributed by atoms with E-state index in [-0.39, 0.29) is 5.91 Å². The standard InChI is InChI=1S/C13H20N2O/c1-3-5-11-15(13(16)8-4-2)12-9-6-7-10-14-12/h6-7,9-10H,3-5,8,11H2,1-2H3. The molecular formula is C13H20N2O. The highest BCUT2D eigenvalue weighted by Gasteiger charge is 2.14. The highest BCUT2D eigenvalue weighted by molar-refractivity contribution is 5.92. The molecule has 88 valence electrons. The lowest BCUT2D eigenvalue weighted by molar-refractivity contribution is -0.118. The number of amides is 1. The maximum Gasteiger partial charge on any atom is 0.228 e. The zero-order valence-corrected chi connectivity index (χ0v) is 10.1. The first-order valence-corrected chi connectivity index (χ1v) is 6.01. The van der Waals surface area contributed by atoms with Crippen LogP contribution >= 0.6 is 0 Å². The summed E-state index contributed by atoms with van der Waals surface area (Å²) in [7, 11) is 0. The Morgan fingerprint density at radius 1 is 1.31 bits per heavy atom. The van der Waals surface area contributed by atoms with E-state index in [2.05, 4.69) is 11.9 Å². The normalized spacial score (nSPS) is 10.1. The van der Waals surface area contributed by atoms with Crippen LogP contribution in [-0.2, 0) is 4.79 Å². The summed E-state index contributed by atoms with van der Waals surface area (Å²) in [5.74, 6) is 0.948. The van der Waals surface area contributed by atoms with Crippen molar-refractivity contribution in [3.8, 4) is 0 Å². The SMILES string of the molecule is CCCCN(C(=O)CCC)c1ccccn1. The number of pyridine rings is 1. The van der Waals surface area contributed by atoms with Gasteiger partial charge in [0, 0.05) is 19.2 Å². The lowest BCUT2D eigenvalue weighted by Crippen LogP contribution is -2.32. The van der Waals surface area contributed by atoms with Gasteiger partial charge in [0.2, 0.25) is 5.91 Å². The van der Waals surface area contributed by atoms with Crippen LogP contribution in [0, 0.1) is 0 Å². The number of rotatable bonds is 6. The molecule has 1 aromatic heterocycles. The predicted octanol–water partition coefficient (Wildman–Crippen LogP) is 3.01. The maximum absolute atomic E-state index is 11.9. The van der Waals surface area contributed by atoms with Crippen molar-refractivity contribution < 1.29 is 4.79 Å². The van der Waals surface area contributed by atoms with Crippen LogP contribution in [0.1, 0.15) is 39.5 Å². The van der Waals surface area contributed by atoms with Gasteiger partial charge in [0.1, 0.15) is 5.82 Å². The maximum atomic E-state index is 11.9. The Balaban J connectivity index is 2.74. The van der Waals surface area contributed by atoms with Crippen molar-refractivity contribution in [3.63, 3.8) is 0 Å². The van der Waals surface area contributed by atoms with Crippen molar-refractivity contribution in [1.29, 1.82) is 0 Å². The Kier molecular flexibility index (Phi) is 5.54. The molecule has 16 heavy (non-hydrogen) atoms. The van der Waals surface area contributed by atoms with Crippen molar-refractivity contribution >= 4 is 11.7 Å².